The Morgan fingerprint density at radius 1 is 1.38 bits per heavy atom. The number of nitrogens with one attached hydrogen (secondary N) is 1. The van der Waals surface area contributed by atoms with Gasteiger partial charge in [0.05, 0.1) is 18.5 Å². The molecule has 5 nitrogen and oxygen atoms in total. The van der Waals surface area contributed by atoms with Crippen LogP contribution >= 0.6 is 0 Å². The molecular formula is C9H9F2N3O2. The third-order valence-corrected chi connectivity index (χ3v) is 2.54. The summed E-state index contributed by atoms with van der Waals surface area (Å²) >= 11 is 0. The number of aliphatic imine (C=N–C) groups is 1. The van der Waals surface area contributed by atoms with Gasteiger partial charge in [0.25, 0.3) is 0 Å². The minimum Gasteiger partial charge on any atom is -0.404 e. The molecule has 0 radical (unpaired) electrons. The molecule has 7 heteroatoms. The summed E-state index contributed by atoms with van der Waals surface area (Å²) in [5.74, 6) is 0.623. The summed E-state index contributed by atoms with van der Waals surface area (Å²) in [4.78, 5) is 4.06. The fourth-order valence-electron chi connectivity index (χ4n) is 1.96. The van der Waals surface area contributed by atoms with E-state index in [9.17, 15) is 8.78 Å². The van der Waals surface area contributed by atoms with Crippen LogP contribution in [0, 0.1) is 0 Å². The molecule has 0 spiro atoms. The van der Waals surface area contributed by atoms with Gasteiger partial charge in [0.15, 0.2) is 5.96 Å². The number of hydrogen-bond acceptors (Lipinski definition) is 5. The lowest BCUT2D eigenvalue weighted by Gasteiger charge is -2.26. The number of alkyl halides is 2. The van der Waals surface area contributed by atoms with Crippen molar-refractivity contribution in [1.82, 2.24) is 5.32 Å². The standard InChI is InChI=1S/C9H9F2N3O2/c10-9(11)15-4-1-5(16-9)3-7-6(2-4)13-8(12)14-7/h2-3,6-7H,1H2,(H3,12,13,14). The van der Waals surface area contributed by atoms with Crippen LogP contribution in [-0.4, -0.2) is 24.3 Å². The molecule has 1 fully saturated rings. The zero-order valence-electron chi connectivity index (χ0n) is 8.11. The highest BCUT2D eigenvalue weighted by atomic mass is 19.3. The summed E-state index contributed by atoms with van der Waals surface area (Å²) in [5, 5.41) is 2.86. The monoisotopic (exact) mass is 229 g/mol. The summed E-state index contributed by atoms with van der Waals surface area (Å²) < 4.78 is 34.7. The first-order valence-electron chi connectivity index (χ1n) is 4.79. The summed E-state index contributed by atoms with van der Waals surface area (Å²) in [5.41, 5.74) is 5.50. The molecule has 0 aromatic rings. The van der Waals surface area contributed by atoms with Crippen molar-refractivity contribution < 1.29 is 18.3 Å². The molecule has 1 saturated heterocycles. The fourth-order valence-corrected chi connectivity index (χ4v) is 1.96. The maximum absolute atomic E-state index is 13.0. The molecule has 0 aromatic heterocycles. The molecule has 2 aliphatic heterocycles. The van der Waals surface area contributed by atoms with Gasteiger partial charge in [-0.2, -0.15) is 0 Å². The zero-order valence-corrected chi connectivity index (χ0v) is 8.11. The van der Waals surface area contributed by atoms with Crippen molar-refractivity contribution in [2.75, 3.05) is 0 Å². The smallest absolute Gasteiger partial charge is 0.404 e. The molecule has 2 unspecified atom stereocenters. The third-order valence-electron chi connectivity index (χ3n) is 2.54. The van der Waals surface area contributed by atoms with E-state index >= 15 is 0 Å². The number of halogens is 2. The number of nitrogens with two attached hydrogens (primary N) is 1. The second kappa shape index (κ2) is 2.87. The van der Waals surface area contributed by atoms with Gasteiger partial charge in [-0.05, 0) is 12.2 Å². The SMILES string of the molecule is NC1=NC2C=C3CC(=CC2N1)OC(F)(F)O3. The first-order valence-corrected chi connectivity index (χ1v) is 4.79. The highest BCUT2D eigenvalue weighted by Gasteiger charge is 2.44. The number of rotatable bonds is 0. The molecule has 2 bridgehead atoms. The van der Waals surface area contributed by atoms with Crippen molar-refractivity contribution in [2.24, 2.45) is 10.7 Å². The van der Waals surface area contributed by atoms with Crippen LogP contribution in [0.4, 0.5) is 8.78 Å². The van der Waals surface area contributed by atoms with Crippen LogP contribution in [0.5, 0.6) is 0 Å². The average Bonchev–Trinajstić information content (AvgIpc) is 2.37. The van der Waals surface area contributed by atoms with E-state index in [1.54, 1.807) is 6.08 Å². The molecule has 16 heavy (non-hydrogen) atoms. The van der Waals surface area contributed by atoms with Crippen molar-refractivity contribution in [3.63, 3.8) is 0 Å². The maximum Gasteiger partial charge on any atom is 0.585 e. The summed E-state index contributed by atoms with van der Waals surface area (Å²) in [7, 11) is 0. The van der Waals surface area contributed by atoms with E-state index in [2.05, 4.69) is 19.8 Å². The number of fused-ring (bicyclic) bond motifs is 3. The van der Waals surface area contributed by atoms with Gasteiger partial charge < -0.3 is 20.5 Å². The second-order valence-corrected chi connectivity index (χ2v) is 3.79. The lowest BCUT2D eigenvalue weighted by atomic mass is 10.1. The predicted molar refractivity (Wildman–Crippen MR) is 50.2 cm³/mol. The van der Waals surface area contributed by atoms with Gasteiger partial charge in [0.1, 0.15) is 11.5 Å². The molecule has 1 aliphatic carbocycles. The molecule has 3 N–H and O–H groups in total. The van der Waals surface area contributed by atoms with Crippen molar-refractivity contribution in [1.29, 1.82) is 0 Å². The molecule has 3 rings (SSSR count). The Morgan fingerprint density at radius 2 is 2.06 bits per heavy atom. The lowest BCUT2D eigenvalue weighted by molar-refractivity contribution is -0.375. The molecule has 0 saturated carbocycles. The molecule has 86 valence electrons. The van der Waals surface area contributed by atoms with E-state index in [-0.39, 0.29) is 36.0 Å². The fraction of sp³-hybridized carbons (Fsp3) is 0.444. The zero-order chi connectivity index (χ0) is 11.3. The number of hydrogen-bond donors (Lipinski definition) is 2. The quantitative estimate of drug-likeness (QED) is 0.631. The first kappa shape index (κ1) is 9.44. The summed E-state index contributed by atoms with van der Waals surface area (Å²) in [6.07, 6.45) is -0.269. The minimum absolute atomic E-state index is 0.162. The Labute approximate surface area is 89.6 Å². The van der Waals surface area contributed by atoms with Gasteiger partial charge in [0, 0.05) is 0 Å². The summed E-state index contributed by atoms with van der Waals surface area (Å²) in [6.45, 7) is 0. The molecule has 2 heterocycles. The van der Waals surface area contributed by atoms with Crippen molar-refractivity contribution in [2.45, 2.75) is 24.8 Å². The van der Waals surface area contributed by atoms with Crippen molar-refractivity contribution >= 4 is 5.96 Å². The molecular weight excluding hydrogens is 220 g/mol. The van der Waals surface area contributed by atoms with Crippen LogP contribution in [-0.2, 0) is 9.47 Å². The van der Waals surface area contributed by atoms with Crippen LogP contribution < -0.4 is 11.1 Å². The molecule has 3 aliphatic rings. The molecule has 0 amide bonds. The average molecular weight is 229 g/mol. The van der Waals surface area contributed by atoms with Crippen LogP contribution in [0.25, 0.3) is 0 Å². The van der Waals surface area contributed by atoms with E-state index in [0.29, 0.717) is 0 Å². The van der Waals surface area contributed by atoms with Gasteiger partial charge in [-0.1, -0.05) is 0 Å². The van der Waals surface area contributed by atoms with Gasteiger partial charge in [0.2, 0.25) is 0 Å². The van der Waals surface area contributed by atoms with E-state index in [0.717, 1.165) is 0 Å². The Kier molecular flexibility index (Phi) is 1.69. The maximum atomic E-state index is 13.0. The lowest BCUT2D eigenvalue weighted by Crippen LogP contribution is -2.36. The Morgan fingerprint density at radius 3 is 2.81 bits per heavy atom. The highest BCUT2D eigenvalue weighted by molar-refractivity contribution is 5.81. The Balaban J connectivity index is 1.99. The van der Waals surface area contributed by atoms with Crippen LogP contribution in [0.3, 0.4) is 0 Å². The van der Waals surface area contributed by atoms with Crippen LogP contribution in [0.15, 0.2) is 28.7 Å². The first-order chi connectivity index (χ1) is 7.52. The van der Waals surface area contributed by atoms with E-state index in [1.165, 1.54) is 6.08 Å². The number of nitrogens with zero attached hydrogens (tertiary/aromatic N) is 1. The van der Waals surface area contributed by atoms with Crippen molar-refractivity contribution in [3.8, 4) is 0 Å². The highest BCUT2D eigenvalue weighted by Crippen LogP contribution is 2.37. The number of ether oxygens (including phenoxy) is 2. The third kappa shape index (κ3) is 1.48. The molecule has 0 aromatic carbocycles. The van der Waals surface area contributed by atoms with E-state index in [4.69, 9.17) is 5.73 Å². The van der Waals surface area contributed by atoms with Crippen molar-refractivity contribution in [3.05, 3.63) is 23.7 Å². The number of guanidine groups is 1. The van der Waals surface area contributed by atoms with Gasteiger partial charge >= 0.3 is 6.29 Å². The van der Waals surface area contributed by atoms with E-state index in [1.807, 2.05) is 0 Å². The van der Waals surface area contributed by atoms with Crippen LogP contribution in [0.1, 0.15) is 6.42 Å². The van der Waals surface area contributed by atoms with Crippen LogP contribution in [0.2, 0.25) is 0 Å². The minimum atomic E-state index is -3.59. The largest absolute Gasteiger partial charge is 0.585 e. The normalized spacial score (nSPS) is 34.2. The molecule has 2 atom stereocenters. The topological polar surface area (TPSA) is 68.9 Å². The van der Waals surface area contributed by atoms with Gasteiger partial charge in [-0.15, -0.1) is 8.78 Å². The predicted octanol–water partition coefficient (Wildman–Crippen LogP) is 0.410. The Hall–Kier alpha value is -1.79. The second-order valence-electron chi connectivity index (χ2n) is 3.79. The van der Waals surface area contributed by atoms with E-state index < -0.39 is 6.29 Å². The Bertz CT molecular complexity index is 430. The van der Waals surface area contributed by atoms with Gasteiger partial charge in [-0.3, -0.25) is 0 Å². The van der Waals surface area contributed by atoms with Gasteiger partial charge in [-0.25, -0.2) is 4.99 Å². The summed E-state index contributed by atoms with van der Waals surface area (Å²) in [6, 6.07) is -0.560.